The van der Waals surface area contributed by atoms with E-state index in [1.165, 1.54) is 33.0 Å². The second-order valence-electron chi connectivity index (χ2n) is 9.31. The summed E-state index contributed by atoms with van der Waals surface area (Å²) < 4.78 is 12.9. The van der Waals surface area contributed by atoms with Crippen LogP contribution in [0.5, 0.6) is 0 Å². The van der Waals surface area contributed by atoms with E-state index >= 15 is 0 Å². The van der Waals surface area contributed by atoms with Gasteiger partial charge in [0.25, 0.3) is 0 Å². The Morgan fingerprint density at radius 3 is 2.26 bits per heavy atom. The molecule has 0 saturated carbocycles. The number of hydrogen-bond acceptors (Lipinski definition) is 2. The predicted molar refractivity (Wildman–Crippen MR) is 139 cm³/mol. The monoisotopic (exact) mass is 440 g/mol. The predicted octanol–water partition coefficient (Wildman–Crippen LogP) is 8.67. The van der Waals surface area contributed by atoms with Gasteiger partial charge >= 0.3 is 0 Å². The lowest BCUT2D eigenvalue weighted by molar-refractivity contribution is 0.483. The molecule has 0 radical (unpaired) electrons. The Kier molecular flexibility index (Phi) is 4.44. The standard InChI is InChI=1S/C32H24O2/c1-3-9-21(10-4-1)17-23-13-7-15-25-27-19-28-26-16-8-14-24(18-22-11-5-2-6-12-22)32(26)34-30(28)20-29(27)33-31(23)25/h1-13,15-16,19-20,24H,14,17-18H2. The van der Waals surface area contributed by atoms with Gasteiger partial charge < -0.3 is 8.83 Å². The molecule has 1 unspecified atom stereocenters. The Morgan fingerprint density at radius 2 is 1.44 bits per heavy atom. The zero-order chi connectivity index (χ0) is 22.5. The molecule has 0 fully saturated rings. The Hall–Kier alpha value is -4.04. The van der Waals surface area contributed by atoms with E-state index in [0.717, 1.165) is 47.2 Å². The van der Waals surface area contributed by atoms with E-state index < -0.39 is 0 Å². The molecule has 2 heteroatoms. The maximum absolute atomic E-state index is 6.49. The fourth-order valence-corrected chi connectivity index (χ4v) is 5.45. The van der Waals surface area contributed by atoms with Crippen molar-refractivity contribution in [2.75, 3.05) is 0 Å². The molecule has 34 heavy (non-hydrogen) atoms. The maximum Gasteiger partial charge on any atom is 0.139 e. The average molecular weight is 441 g/mol. The van der Waals surface area contributed by atoms with Gasteiger partial charge in [-0.25, -0.2) is 0 Å². The number of hydrogen-bond donors (Lipinski definition) is 0. The van der Waals surface area contributed by atoms with Gasteiger partial charge in [-0.1, -0.05) is 91.0 Å². The van der Waals surface area contributed by atoms with E-state index in [2.05, 4.69) is 103 Å². The lowest BCUT2D eigenvalue weighted by Gasteiger charge is -2.17. The molecule has 4 aromatic carbocycles. The van der Waals surface area contributed by atoms with Gasteiger partial charge in [-0.3, -0.25) is 0 Å². The molecular formula is C32H24O2. The molecule has 2 nitrogen and oxygen atoms in total. The van der Waals surface area contributed by atoms with Crippen LogP contribution in [0.15, 0.2) is 106 Å². The molecule has 0 bridgehead atoms. The zero-order valence-electron chi connectivity index (χ0n) is 18.8. The van der Waals surface area contributed by atoms with Crippen LogP contribution in [0.1, 0.15) is 40.4 Å². The van der Waals surface area contributed by atoms with Crippen molar-refractivity contribution in [2.24, 2.45) is 0 Å². The Labute approximate surface area is 198 Å². The summed E-state index contributed by atoms with van der Waals surface area (Å²) >= 11 is 0. The minimum atomic E-state index is 0.357. The van der Waals surface area contributed by atoms with Crippen molar-refractivity contribution in [3.63, 3.8) is 0 Å². The van der Waals surface area contributed by atoms with Crippen LogP contribution in [0.2, 0.25) is 0 Å². The lowest BCUT2D eigenvalue weighted by atomic mass is 9.87. The summed E-state index contributed by atoms with van der Waals surface area (Å²) in [6, 6.07) is 32.1. The number of allylic oxidation sites excluding steroid dienone is 1. The van der Waals surface area contributed by atoms with Crippen molar-refractivity contribution in [1.29, 1.82) is 0 Å². The van der Waals surface area contributed by atoms with Gasteiger partial charge in [-0.15, -0.1) is 0 Å². The van der Waals surface area contributed by atoms with Gasteiger partial charge in [-0.05, 0) is 35.6 Å². The summed E-state index contributed by atoms with van der Waals surface area (Å²) in [4.78, 5) is 0. The molecule has 7 rings (SSSR count). The van der Waals surface area contributed by atoms with Crippen LogP contribution in [0, 0.1) is 0 Å². The van der Waals surface area contributed by atoms with Crippen molar-refractivity contribution in [2.45, 2.75) is 25.2 Å². The highest BCUT2D eigenvalue weighted by Crippen LogP contribution is 2.42. The number of para-hydroxylation sites is 1. The van der Waals surface area contributed by atoms with Crippen LogP contribution < -0.4 is 0 Å². The third-order valence-electron chi connectivity index (χ3n) is 7.09. The van der Waals surface area contributed by atoms with Crippen molar-refractivity contribution in [3.05, 3.63) is 125 Å². The normalized spacial score (nSPS) is 15.4. The lowest BCUT2D eigenvalue weighted by Crippen LogP contribution is -2.05. The summed E-state index contributed by atoms with van der Waals surface area (Å²) in [7, 11) is 0. The van der Waals surface area contributed by atoms with Crippen LogP contribution in [-0.4, -0.2) is 0 Å². The van der Waals surface area contributed by atoms with Crippen molar-refractivity contribution in [1.82, 2.24) is 0 Å². The second-order valence-corrected chi connectivity index (χ2v) is 9.31. The van der Waals surface area contributed by atoms with E-state index in [9.17, 15) is 0 Å². The van der Waals surface area contributed by atoms with Crippen LogP contribution in [0.3, 0.4) is 0 Å². The third-order valence-corrected chi connectivity index (χ3v) is 7.09. The molecule has 0 N–H and O–H groups in total. The Morgan fingerprint density at radius 1 is 0.676 bits per heavy atom. The summed E-state index contributed by atoms with van der Waals surface area (Å²) in [6.07, 6.45) is 7.37. The molecule has 164 valence electrons. The number of benzene rings is 4. The zero-order valence-corrected chi connectivity index (χ0v) is 18.8. The fourth-order valence-electron chi connectivity index (χ4n) is 5.45. The van der Waals surface area contributed by atoms with Crippen LogP contribution in [0.4, 0.5) is 0 Å². The first-order chi connectivity index (χ1) is 16.8. The second kappa shape index (κ2) is 7.78. The minimum Gasteiger partial charge on any atom is -0.460 e. The topological polar surface area (TPSA) is 26.3 Å². The van der Waals surface area contributed by atoms with Crippen LogP contribution >= 0.6 is 0 Å². The summed E-state index contributed by atoms with van der Waals surface area (Å²) in [5, 5.41) is 3.49. The molecular weight excluding hydrogens is 416 g/mol. The molecule has 2 aromatic heterocycles. The summed E-state index contributed by atoms with van der Waals surface area (Å²) in [5.74, 6) is 1.46. The van der Waals surface area contributed by atoms with E-state index in [1.807, 2.05) is 0 Å². The number of fused-ring (bicyclic) bond motifs is 6. The minimum absolute atomic E-state index is 0.357. The maximum atomic E-state index is 6.49. The molecule has 2 heterocycles. The van der Waals surface area contributed by atoms with Crippen LogP contribution in [0.25, 0.3) is 39.0 Å². The number of furan rings is 2. The quantitative estimate of drug-likeness (QED) is 0.274. The van der Waals surface area contributed by atoms with Gasteiger partial charge in [0.2, 0.25) is 0 Å². The smallest absolute Gasteiger partial charge is 0.139 e. The van der Waals surface area contributed by atoms with Crippen molar-refractivity contribution < 1.29 is 8.83 Å². The van der Waals surface area contributed by atoms with Gasteiger partial charge in [0, 0.05) is 40.1 Å². The molecule has 0 spiro atoms. The van der Waals surface area contributed by atoms with Gasteiger partial charge in [0.1, 0.15) is 22.5 Å². The van der Waals surface area contributed by atoms with Gasteiger partial charge in [-0.2, -0.15) is 0 Å². The first-order valence-electron chi connectivity index (χ1n) is 12.0. The first-order valence-corrected chi connectivity index (χ1v) is 12.0. The van der Waals surface area contributed by atoms with Crippen molar-refractivity contribution in [3.8, 4) is 0 Å². The number of rotatable bonds is 4. The van der Waals surface area contributed by atoms with E-state index in [-0.39, 0.29) is 0 Å². The Balaban J connectivity index is 1.34. The van der Waals surface area contributed by atoms with Gasteiger partial charge in [0.15, 0.2) is 0 Å². The molecule has 1 aliphatic rings. The molecule has 0 amide bonds. The van der Waals surface area contributed by atoms with Gasteiger partial charge in [0.05, 0.1) is 0 Å². The summed E-state index contributed by atoms with van der Waals surface area (Å²) in [6.45, 7) is 0. The van der Waals surface area contributed by atoms with E-state index in [0.29, 0.717) is 5.92 Å². The summed E-state index contributed by atoms with van der Waals surface area (Å²) in [5.41, 5.74) is 7.83. The molecule has 6 aromatic rings. The molecule has 1 atom stereocenters. The van der Waals surface area contributed by atoms with E-state index in [4.69, 9.17) is 8.83 Å². The average Bonchev–Trinajstić information content (AvgIpc) is 3.43. The molecule has 0 saturated heterocycles. The highest BCUT2D eigenvalue weighted by molar-refractivity contribution is 6.11. The fraction of sp³-hybridized carbons (Fsp3) is 0.125. The highest BCUT2D eigenvalue weighted by Gasteiger charge is 2.25. The third kappa shape index (κ3) is 3.18. The Bertz CT molecular complexity index is 1670. The SMILES string of the molecule is C1=Cc2c(oc3cc4oc5c(Cc6ccccc6)cccc5c4cc23)C(Cc2ccccc2)C1. The molecule has 1 aliphatic carbocycles. The molecule has 0 aliphatic heterocycles. The highest BCUT2D eigenvalue weighted by atomic mass is 16.3. The van der Waals surface area contributed by atoms with Crippen molar-refractivity contribution >= 4 is 39.0 Å². The van der Waals surface area contributed by atoms with Crippen LogP contribution in [-0.2, 0) is 12.8 Å². The largest absolute Gasteiger partial charge is 0.460 e. The first kappa shape index (κ1) is 19.4. The van der Waals surface area contributed by atoms with E-state index in [1.54, 1.807) is 0 Å².